The van der Waals surface area contributed by atoms with Crippen molar-refractivity contribution in [3.05, 3.63) is 11.1 Å². The SMILES string of the molecule is CN1CCCC[C@@H]1C(=O)N[C@@H](CC1CCCCC1)C(=O)NCc1cnc(N)s1. The van der Waals surface area contributed by atoms with E-state index in [-0.39, 0.29) is 17.9 Å². The predicted octanol–water partition coefficient (Wildman–Crippen LogP) is 2.28. The molecule has 2 aliphatic rings. The molecule has 2 amide bonds. The molecule has 1 aliphatic carbocycles. The first kappa shape index (κ1) is 21.0. The first-order valence-corrected chi connectivity index (χ1v) is 11.3. The number of aromatic nitrogens is 1. The summed E-state index contributed by atoms with van der Waals surface area (Å²) in [6, 6.07) is -0.604. The number of amides is 2. The molecule has 4 N–H and O–H groups in total. The van der Waals surface area contributed by atoms with Crippen LogP contribution in [0.2, 0.25) is 0 Å². The van der Waals surface area contributed by atoms with Gasteiger partial charge < -0.3 is 16.4 Å². The number of hydrogen-bond donors (Lipinski definition) is 3. The summed E-state index contributed by atoms with van der Waals surface area (Å²) in [5.74, 6) is 0.387. The molecule has 8 heteroatoms. The fourth-order valence-electron chi connectivity index (χ4n) is 4.36. The van der Waals surface area contributed by atoms with E-state index in [0.29, 0.717) is 17.6 Å². The normalized spacial score (nSPS) is 22.5. The van der Waals surface area contributed by atoms with Crippen LogP contribution in [0.1, 0.15) is 62.7 Å². The highest BCUT2D eigenvalue weighted by Gasteiger charge is 2.31. The zero-order valence-electron chi connectivity index (χ0n) is 16.8. The summed E-state index contributed by atoms with van der Waals surface area (Å²) in [4.78, 5) is 32.8. The number of likely N-dealkylation sites (N-methyl/N-ethyl adjacent to an activating group) is 1. The topological polar surface area (TPSA) is 100 Å². The molecule has 1 saturated carbocycles. The fraction of sp³-hybridized carbons (Fsp3) is 0.750. The van der Waals surface area contributed by atoms with Gasteiger partial charge in [0.2, 0.25) is 11.8 Å². The maximum Gasteiger partial charge on any atom is 0.242 e. The maximum absolute atomic E-state index is 12.9. The van der Waals surface area contributed by atoms with Crippen LogP contribution in [0.3, 0.4) is 0 Å². The van der Waals surface area contributed by atoms with Gasteiger partial charge in [0.25, 0.3) is 0 Å². The van der Waals surface area contributed by atoms with Crippen LogP contribution >= 0.6 is 11.3 Å². The minimum Gasteiger partial charge on any atom is -0.375 e. The van der Waals surface area contributed by atoms with E-state index in [0.717, 1.165) is 49.9 Å². The molecule has 0 aromatic carbocycles. The summed E-state index contributed by atoms with van der Waals surface area (Å²) >= 11 is 1.37. The van der Waals surface area contributed by atoms with Crippen LogP contribution in [-0.4, -0.2) is 47.4 Å². The number of carbonyl (C=O) groups excluding carboxylic acids is 2. The number of rotatable bonds is 7. The van der Waals surface area contributed by atoms with Crippen molar-refractivity contribution in [2.45, 2.75) is 76.4 Å². The number of thiazole rings is 1. The second kappa shape index (κ2) is 10.2. The standard InChI is InChI=1S/C20H33N5O2S/c1-25-10-6-5-9-17(25)19(27)24-16(11-14-7-3-2-4-8-14)18(26)22-12-15-13-23-20(21)28-15/h13-14,16-17H,2-12H2,1H3,(H2,21,23)(H,22,26)(H,24,27)/t16-,17+/m0/s1. The molecule has 2 heterocycles. The van der Waals surface area contributed by atoms with Gasteiger partial charge in [0.05, 0.1) is 12.6 Å². The Morgan fingerprint density at radius 1 is 1.25 bits per heavy atom. The van der Waals surface area contributed by atoms with Gasteiger partial charge in [-0.2, -0.15) is 0 Å². The summed E-state index contributed by atoms with van der Waals surface area (Å²) < 4.78 is 0. The lowest BCUT2D eigenvalue weighted by atomic mass is 9.84. The molecule has 1 aliphatic heterocycles. The zero-order chi connectivity index (χ0) is 19.9. The Bertz CT molecular complexity index is 659. The smallest absolute Gasteiger partial charge is 0.242 e. The van der Waals surface area contributed by atoms with Gasteiger partial charge in [0, 0.05) is 11.1 Å². The zero-order valence-corrected chi connectivity index (χ0v) is 17.6. The molecular formula is C20H33N5O2S. The molecule has 3 rings (SSSR count). The lowest BCUT2D eigenvalue weighted by molar-refractivity contribution is -0.133. The second-order valence-electron chi connectivity index (χ2n) is 8.18. The number of anilines is 1. The molecule has 0 radical (unpaired) electrons. The van der Waals surface area contributed by atoms with Crippen molar-refractivity contribution >= 4 is 28.3 Å². The van der Waals surface area contributed by atoms with E-state index >= 15 is 0 Å². The van der Waals surface area contributed by atoms with E-state index in [1.54, 1.807) is 6.20 Å². The van der Waals surface area contributed by atoms with Gasteiger partial charge in [-0.15, -0.1) is 11.3 Å². The lowest BCUT2D eigenvalue weighted by Crippen LogP contribution is -2.54. The molecule has 7 nitrogen and oxygen atoms in total. The quantitative estimate of drug-likeness (QED) is 0.644. The average Bonchev–Trinajstić information content (AvgIpc) is 3.12. The summed E-state index contributed by atoms with van der Waals surface area (Å²) in [6.07, 6.45) is 11.5. The van der Waals surface area contributed by atoms with Gasteiger partial charge in [-0.05, 0) is 38.8 Å². The highest BCUT2D eigenvalue weighted by molar-refractivity contribution is 7.15. The van der Waals surface area contributed by atoms with Crippen LogP contribution in [0, 0.1) is 5.92 Å². The van der Waals surface area contributed by atoms with Gasteiger partial charge >= 0.3 is 0 Å². The third-order valence-corrected chi connectivity index (χ3v) is 6.83. The highest BCUT2D eigenvalue weighted by atomic mass is 32.1. The Morgan fingerprint density at radius 3 is 2.68 bits per heavy atom. The lowest BCUT2D eigenvalue weighted by Gasteiger charge is -2.33. The molecule has 156 valence electrons. The molecule has 0 bridgehead atoms. The predicted molar refractivity (Wildman–Crippen MR) is 112 cm³/mol. The van der Waals surface area contributed by atoms with Crippen LogP contribution in [0.5, 0.6) is 0 Å². The van der Waals surface area contributed by atoms with Crippen LogP contribution in [0.4, 0.5) is 5.13 Å². The second-order valence-corrected chi connectivity index (χ2v) is 9.32. The van der Waals surface area contributed by atoms with Crippen LogP contribution in [0.15, 0.2) is 6.20 Å². The summed E-state index contributed by atoms with van der Waals surface area (Å²) in [5.41, 5.74) is 5.66. The monoisotopic (exact) mass is 407 g/mol. The van der Waals surface area contributed by atoms with Crippen molar-refractivity contribution in [1.82, 2.24) is 20.5 Å². The van der Waals surface area contributed by atoms with Crippen LogP contribution < -0.4 is 16.4 Å². The fourth-order valence-corrected chi connectivity index (χ4v) is 4.99. The minimum atomic E-state index is -0.476. The van der Waals surface area contributed by atoms with Crippen molar-refractivity contribution < 1.29 is 9.59 Å². The van der Waals surface area contributed by atoms with E-state index in [9.17, 15) is 9.59 Å². The first-order chi connectivity index (χ1) is 13.5. The van der Waals surface area contributed by atoms with Gasteiger partial charge in [-0.25, -0.2) is 4.98 Å². The molecular weight excluding hydrogens is 374 g/mol. The van der Waals surface area contributed by atoms with Gasteiger partial charge in [-0.1, -0.05) is 38.5 Å². The number of hydrogen-bond acceptors (Lipinski definition) is 6. The van der Waals surface area contributed by atoms with Crippen molar-refractivity contribution in [2.75, 3.05) is 19.3 Å². The number of carbonyl (C=O) groups is 2. The molecule has 2 atom stereocenters. The van der Waals surface area contributed by atoms with E-state index in [1.807, 2.05) is 7.05 Å². The minimum absolute atomic E-state index is 0.0137. The number of nitrogens with one attached hydrogen (secondary N) is 2. The Labute approximate surface area is 171 Å². The number of nitrogens with two attached hydrogens (primary N) is 1. The van der Waals surface area contributed by atoms with Crippen molar-refractivity contribution in [2.24, 2.45) is 5.92 Å². The van der Waals surface area contributed by atoms with E-state index < -0.39 is 6.04 Å². The highest BCUT2D eigenvalue weighted by Crippen LogP contribution is 2.27. The third kappa shape index (κ3) is 5.91. The third-order valence-electron chi connectivity index (χ3n) is 6.01. The van der Waals surface area contributed by atoms with E-state index in [1.165, 1.54) is 30.6 Å². The Balaban J connectivity index is 1.61. The van der Waals surface area contributed by atoms with Gasteiger partial charge in [0.1, 0.15) is 6.04 Å². The largest absolute Gasteiger partial charge is 0.375 e. The van der Waals surface area contributed by atoms with Crippen molar-refractivity contribution in [3.8, 4) is 0 Å². The summed E-state index contributed by atoms with van der Waals surface area (Å²) in [6.45, 7) is 1.33. The van der Waals surface area contributed by atoms with Crippen LogP contribution in [0.25, 0.3) is 0 Å². The molecule has 1 aromatic heterocycles. The van der Waals surface area contributed by atoms with Gasteiger partial charge in [-0.3, -0.25) is 14.5 Å². The maximum atomic E-state index is 12.9. The Hall–Kier alpha value is -1.67. The first-order valence-electron chi connectivity index (χ1n) is 10.5. The summed E-state index contributed by atoms with van der Waals surface area (Å²) in [7, 11) is 1.99. The van der Waals surface area contributed by atoms with Crippen molar-refractivity contribution in [1.29, 1.82) is 0 Å². The molecule has 28 heavy (non-hydrogen) atoms. The van der Waals surface area contributed by atoms with Crippen LogP contribution in [-0.2, 0) is 16.1 Å². The number of nitrogens with zero attached hydrogens (tertiary/aromatic N) is 2. The molecule has 0 unspecified atom stereocenters. The molecule has 0 spiro atoms. The Kier molecular flexibility index (Phi) is 7.67. The number of likely N-dealkylation sites (tertiary alicyclic amines) is 1. The van der Waals surface area contributed by atoms with Crippen molar-refractivity contribution in [3.63, 3.8) is 0 Å². The average molecular weight is 408 g/mol. The van der Waals surface area contributed by atoms with E-state index in [4.69, 9.17) is 5.73 Å². The molecule has 1 aromatic rings. The molecule has 2 fully saturated rings. The van der Waals surface area contributed by atoms with E-state index in [2.05, 4.69) is 20.5 Å². The summed E-state index contributed by atoms with van der Waals surface area (Å²) in [5, 5.41) is 6.54. The Morgan fingerprint density at radius 2 is 2.00 bits per heavy atom. The molecule has 1 saturated heterocycles. The number of piperidine rings is 1. The van der Waals surface area contributed by atoms with Gasteiger partial charge in [0.15, 0.2) is 5.13 Å². The number of nitrogen functional groups attached to an aromatic ring is 1.